The van der Waals surface area contributed by atoms with Gasteiger partial charge in [-0.25, -0.2) is 4.98 Å². The number of aromatic nitrogens is 2. The minimum atomic E-state index is -4.36. The Hall–Kier alpha value is -3.06. The Labute approximate surface area is 179 Å². The minimum Gasteiger partial charge on any atom is -0.340 e. The van der Waals surface area contributed by atoms with Gasteiger partial charge in [0.15, 0.2) is 0 Å². The monoisotopic (exact) mass is 464 g/mol. The Balaban J connectivity index is 1.95. The fourth-order valence-corrected chi connectivity index (χ4v) is 3.76. The molecule has 0 saturated carbocycles. The van der Waals surface area contributed by atoms with E-state index in [1.165, 1.54) is 36.4 Å². The van der Waals surface area contributed by atoms with Gasteiger partial charge in [0.05, 0.1) is 9.79 Å². The molecule has 3 rings (SSSR count). The normalized spacial score (nSPS) is 12.0. The van der Waals surface area contributed by atoms with Crippen LogP contribution >= 0.6 is 0 Å². The van der Waals surface area contributed by atoms with Crippen molar-refractivity contribution in [3.63, 3.8) is 0 Å². The molecule has 0 aliphatic carbocycles. The maximum Gasteiger partial charge on any atom is 0.294 e. The van der Waals surface area contributed by atoms with Crippen LogP contribution < -0.4 is 10.6 Å². The highest BCUT2D eigenvalue weighted by Gasteiger charge is 2.15. The van der Waals surface area contributed by atoms with E-state index in [1.54, 1.807) is 18.3 Å². The molecule has 1 heterocycles. The molecule has 0 amide bonds. The van der Waals surface area contributed by atoms with Gasteiger partial charge in [-0.3, -0.25) is 9.11 Å². The zero-order valence-electron chi connectivity index (χ0n) is 16.5. The first kappa shape index (κ1) is 22.6. The molecule has 0 aliphatic heterocycles. The highest BCUT2D eigenvalue weighted by atomic mass is 32.2. The van der Waals surface area contributed by atoms with Gasteiger partial charge in [-0.05, 0) is 42.3 Å². The first-order valence-electron chi connectivity index (χ1n) is 8.99. The molecule has 0 fully saturated rings. The molecule has 0 radical (unpaired) electrons. The first-order chi connectivity index (χ1) is 14.4. The van der Waals surface area contributed by atoms with Crippen molar-refractivity contribution in [2.45, 2.75) is 29.6 Å². The maximum absolute atomic E-state index is 11.4. The molecule has 4 N–H and O–H groups in total. The van der Waals surface area contributed by atoms with Crippen LogP contribution in [0.3, 0.4) is 0 Å². The molecule has 0 aliphatic rings. The van der Waals surface area contributed by atoms with Crippen LogP contribution in [0.15, 0.2) is 64.5 Å². The Bertz CT molecular complexity index is 1320. The predicted octanol–water partition coefficient (Wildman–Crippen LogP) is 3.58. The van der Waals surface area contributed by atoms with Crippen LogP contribution in [0.4, 0.5) is 23.1 Å². The third-order valence-electron chi connectivity index (χ3n) is 4.22. The van der Waals surface area contributed by atoms with E-state index < -0.39 is 20.2 Å². The van der Waals surface area contributed by atoms with Gasteiger partial charge in [0, 0.05) is 23.1 Å². The van der Waals surface area contributed by atoms with Crippen LogP contribution in [0.5, 0.6) is 0 Å². The van der Waals surface area contributed by atoms with Gasteiger partial charge in [-0.15, -0.1) is 0 Å². The van der Waals surface area contributed by atoms with E-state index >= 15 is 0 Å². The number of rotatable bonds is 7. The third kappa shape index (κ3) is 5.76. The molecule has 0 spiro atoms. The molecule has 0 saturated heterocycles. The van der Waals surface area contributed by atoms with Crippen molar-refractivity contribution in [2.75, 3.05) is 10.6 Å². The summed E-state index contributed by atoms with van der Waals surface area (Å²) in [7, 11) is -8.73. The number of anilines is 4. The summed E-state index contributed by atoms with van der Waals surface area (Å²) < 4.78 is 63.9. The second-order valence-electron chi connectivity index (χ2n) is 6.91. The van der Waals surface area contributed by atoms with Crippen molar-refractivity contribution in [1.82, 2.24) is 9.97 Å². The topological polar surface area (TPSA) is 159 Å². The Morgan fingerprint density at radius 2 is 1.35 bits per heavy atom. The van der Waals surface area contributed by atoms with Crippen LogP contribution in [0.1, 0.15) is 25.3 Å². The number of nitrogens with one attached hydrogen (secondary N) is 2. The smallest absolute Gasteiger partial charge is 0.294 e. The lowest BCUT2D eigenvalue weighted by Gasteiger charge is -2.15. The molecule has 0 unspecified atom stereocenters. The van der Waals surface area contributed by atoms with Crippen LogP contribution in [0, 0.1) is 0 Å². The molecule has 3 aromatic rings. The van der Waals surface area contributed by atoms with Crippen LogP contribution in [0.2, 0.25) is 0 Å². The van der Waals surface area contributed by atoms with Gasteiger partial charge in [-0.1, -0.05) is 26.0 Å². The summed E-state index contributed by atoms with van der Waals surface area (Å²) in [5, 5.41) is 5.90. The highest BCUT2D eigenvalue weighted by molar-refractivity contribution is 7.86. The van der Waals surface area contributed by atoms with Crippen molar-refractivity contribution in [3.8, 4) is 0 Å². The molecule has 0 atom stereocenters. The van der Waals surface area contributed by atoms with E-state index in [1.807, 2.05) is 13.8 Å². The Kier molecular flexibility index (Phi) is 6.27. The number of nitrogens with zero attached hydrogens (tertiary/aromatic N) is 2. The lowest BCUT2D eigenvalue weighted by molar-refractivity contribution is 0.481. The lowest BCUT2D eigenvalue weighted by Crippen LogP contribution is -2.07. The molecule has 164 valence electrons. The van der Waals surface area contributed by atoms with Gasteiger partial charge in [0.1, 0.15) is 5.82 Å². The van der Waals surface area contributed by atoms with Crippen molar-refractivity contribution in [3.05, 3.63) is 60.3 Å². The summed E-state index contributed by atoms with van der Waals surface area (Å²) in [4.78, 5) is 8.10. The van der Waals surface area contributed by atoms with Crippen LogP contribution in [0.25, 0.3) is 0 Å². The molecular weight excluding hydrogens is 444 g/mol. The molecule has 31 heavy (non-hydrogen) atoms. The molecule has 2 aromatic carbocycles. The molecular formula is C19H20N4O6S2. The van der Waals surface area contributed by atoms with E-state index in [0.717, 1.165) is 5.56 Å². The number of benzene rings is 2. The van der Waals surface area contributed by atoms with Gasteiger partial charge in [-0.2, -0.15) is 21.8 Å². The number of hydrogen-bond donors (Lipinski definition) is 4. The summed E-state index contributed by atoms with van der Waals surface area (Å²) in [6, 6.07) is 11.1. The van der Waals surface area contributed by atoms with Crippen LogP contribution in [-0.2, 0) is 20.2 Å². The van der Waals surface area contributed by atoms with Gasteiger partial charge < -0.3 is 10.6 Å². The zero-order chi connectivity index (χ0) is 22.8. The maximum atomic E-state index is 11.4. The van der Waals surface area contributed by atoms with E-state index in [-0.39, 0.29) is 21.7 Å². The minimum absolute atomic E-state index is 0.0316. The summed E-state index contributed by atoms with van der Waals surface area (Å²) in [6.07, 6.45) is 1.58. The van der Waals surface area contributed by atoms with Gasteiger partial charge in [0.25, 0.3) is 20.2 Å². The van der Waals surface area contributed by atoms with Crippen molar-refractivity contribution < 1.29 is 25.9 Å². The average molecular weight is 465 g/mol. The SMILES string of the molecule is CC(C)c1cnc(Nc2cccc(S(=O)(=O)O)c2)nc1Nc1cccc(S(=O)(=O)O)c1. The second-order valence-corrected chi connectivity index (χ2v) is 9.75. The quantitative estimate of drug-likeness (QED) is 0.381. The van der Waals surface area contributed by atoms with Gasteiger partial charge >= 0.3 is 0 Å². The molecule has 1 aromatic heterocycles. The van der Waals surface area contributed by atoms with Crippen LogP contribution in [-0.4, -0.2) is 35.9 Å². The molecule has 10 nitrogen and oxygen atoms in total. The first-order valence-corrected chi connectivity index (χ1v) is 11.9. The van der Waals surface area contributed by atoms with E-state index in [9.17, 15) is 25.9 Å². The van der Waals surface area contributed by atoms with Crippen molar-refractivity contribution in [1.29, 1.82) is 0 Å². The fraction of sp³-hybridized carbons (Fsp3) is 0.158. The molecule has 0 bridgehead atoms. The summed E-state index contributed by atoms with van der Waals surface area (Å²) >= 11 is 0. The average Bonchev–Trinajstić information content (AvgIpc) is 2.67. The van der Waals surface area contributed by atoms with E-state index in [0.29, 0.717) is 17.2 Å². The summed E-state index contributed by atoms with van der Waals surface area (Å²) in [6.45, 7) is 3.86. The zero-order valence-corrected chi connectivity index (χ0v) is 18.1. The Morgan fingerprint density at radius 3 is 1.84 bits per heavy atom. The summed E-state index contributed by atoms with van der Waals surface area (Å²) in [5.41, 5.74) is 1.47. The van der Waals surface area contributed by atoms with Crippen molar-refractivity contribution in [2.24, 2.45) is 0 Å². The van der Waals surface area contributed by atoms with E-state index in [4.69, 9.17) is 0 Å². The lowest BCUT2D eigenvalue weighted by atomic mass is 10.1. The summed E-state index contributed by atoms with van der Waals surface area (Å²) in [5.74, 6) is 0.570. The standard InChI is InChI=1S/C19H20N4O6S2/c1-12(2)17-11-20-19(22-14-6-4-8-16(10-14)31(27,28)29)23-18(17)21-13-5-3-7-15(9-13)30(24,25)26/h3-12H,1-2H3,(H,24,25,26)(H,27,28,29)(H2,20,21,22,23). The highest BCUT2D eigenvalue weighted by Crippen LogP contribution is 2.28. The second kappa shape index (κ2) is 8.59. The molecule has 12 heteroatoms. The van der Waals surface area contributed by atoms with E-state index in [2.05, 4.69) is 20.6 Å². The fourth-order valence-electron chi connectivity index (χ4n) is 2.71. The number of hydrogen-bond acceptors (Lipinski definition) is 8. The van der Waals surface area contributed by atoms with Crippen molar-refractivity contribution >= 4 is 43.4 Å². The Morgan fingerprint density at radius 1 is 0.839 bits per heavy atom. The van der Waals surface area contributed by atoms with Gasteiger partial charge in [0.2, 0.25) is 5.95 Å². The predicted molar refractivity (Wildman–Crippen MR) is 115 cm³/mol. The largest absolute Gasteiger partial charge is 0.340 e. The third-order valence-corrected chi connectivity index (χ3v) is 5.92.